The quantitative estimate of drug-likeness (QED) is 0.924. The van der Waals surface area contributed by atoms with Gasteiger partial charge in [0.05, 0.1) is 6.04 Å². The first-order valence-electron chi connectivity index (χ1n) is 7.05. The first kappa shape index (κ1) is 14.7. The van der Waals surface area contributed by atoms with Gasteiger partial charge in [-0.05, 0) is 43.3 Å². The number of benzene rings is 1. The third-order valence-corrected chi connectivity index (χ3v) is 4.43. The second kappa shape index (κ2) is 5.50. The lowest BCUT2D eigenvalue weighted by Gasteiger charge is -2.35. The van der Waals surface area contributed by atoms with Crippen LogP contribution < -0.4 is 5.73 Å². The molecule has 0 saturated carbocycles. The Balaban J connectivity index is 1.85. The molecule has 0 bridgehead atoms. The number of aromatic nitrogens is 1. The molecule has 0 spiro atoms. The molecule has 0 fully saturated rings. The van der Waals surface area contributed by atoms with Gasteiger partial charge in [0.15, 0.2) is 0 Å². The van der Waals surface area contributed by atoms with E-state index < -0.39 is 5.91 Å². The van der Waals surface area contributed by atoms with Gasteiger partial charge < -0.3 is 15.2 Å². The molecule has 3 rings (SSSR count). The Morgan fingerprint density at radius 3 is 2.36 bits per heavy atom. The van der Waals surface area contributed by atoms with E-state index in [1.165, 1.54) is 0 Å². The van der Waals surface area contributed by atoms with E-state index in [0.29, 0.717) is 29.4 Å². The second-order valence-corrected chi connectivity index (χ2v) is 5.74. The molecule has 0 saturated heterocycles. The van der Waals surface area contributed by atoms with Crippen LogP contribution in [0.3, 0.4) is 0 Å². The van der Waals surface area contributed by atoms with Gasteiger partial charge in [-0.2, -0.15) is 0 Å². The monoisotopic (exact) mass is 317 g/mol. The molecule has 0 radical (unpaired) electrons. The zero-order valence-corrected chi connectivity index (χ0v) is 12.9. The number of carbonyl (C=O) groups is 2. The molecular weight excluding hydrogens is 302 g/mol. The topological polar surface area (TPSA) is 68.3 Å². The van der Waals surface area contributed by atoms with Gasteiger partial charge in [0.1, 0.15) is 5.15 Å². The molecule has 6 heteroatoms. The molecule has 2 aromatic rings. The zero-order chi connectivity index (χ0) is 15.9. The number of fused-ring (bicyclic) bond motifs is 1. The Morgan fingerprint density at radius 1 is 1.09 bits per heavy atom. The van der Waals surface area contributed by atoms with Crippen molar-refractivity contribution in [3.05, 3.63) is 58.4 Å². The molecule has 1 aliphatic rings. The van der Waals surface area contributed by atoms with Crippen molar-refractivity contribution in [2.24, 2.45) is 5.73 Å². The predicted octanol–water partition coefficient (Wildman–Crippen LogP) is 2.46. The number of amides is 2. The van der Waals surface area contributed by atoms with E-state index in [1.807, 2.05) is 28.5 Å². The van der Waals surface area contributed by atoms with Crippen LogP contribution in [-0.2, 0) is 6.54 Å². The molecule has 2 amide bonds. The highest BCUT2D eigenvalue weighted by atomic mass is 35.5. The summed E-state index contributed by atoms with van der Waals surface area (Å²) in [5, 5.41) is 0.694. The van der Waals surface area contributed by atoms with E-state index in [4.69, 9.17) is 17.3 Å². The molecule has 5 nitrogen and oxygen atoms in total. The number of rotatable bonds is 2. The molecular formula is C16H16ClN3O2. The van der Waals surface area contributed by atoms with Crippen molar-refractivity contribution in [3.63, 3.8) is 0 Å². The Kier molecular flexibility index (Phi) is 3.66. The summed E-state index contributed by atoms with van der Waals surface area (Å²) in [4.78, 5) is 25.6. The maximum absolute atomic E-state index is 12.7. The lowest BCUT2D eigenvalue weighted by atomic mass is 10.1. The Bertz CT molecular complexity index is 736. The third-order valence-electron chi connectivity index (χ3n) is 4.10. The van der Waals surface area contributed by atoms with Crippen LogP contribution >= 0.6 is 11.6 Å². The number of primary amides is 1. The first-order chi connectivity index (χ1) is 10.5. The van der Waals surface area contributed by atoms with Crippen molar-refractivity contribution >= 4 is 23.4 Å². The van der Waals surface area contributed by atoms with Crippen LogP contribution in [-0.4, -0.2) is 27.8 Å². The summed E-state index contributed by atoms with van der Waals surface area (Å²) < 4.78 is 2.02. The number of hydrogen-bond acceptors (Lipinski definition) is 2. The smallest absolute Gasteiger partial charge is 0.254 e. The average Bonchev–Trinajstić information content (AvgIpc) is 2.89. The predicted molar refractivity (Wildman–Crippen MR) is 83.9 cm³/mol. The highest BCUT2D eigenvalue weighted by Gasteiger charge is 2.29. The normalized spacial score (nSPS) is 17.2. The number of carbonyl (C=O) groups excluding carboxylic acids is 2. The highest BCUT2D eigenvalue weighted by Crippen LogP contribution is 2.30. The Labute approximate surface area is 133 Å². The zero-order valence-electron chi connectivity index (χ0n) is 12.1. The Morgan fingerprint density at radius 2 is 1.73 bits per heavy atom. The number of nitrogens with two attached hydrogens (primary N) is 1. The maximum atomic E-state index is 12.7. The minimum absolute atomic E-state index is 0.0513. The van der Waals surface area contributed by atoms with E-state index in [-0.39, 0.29) is 11.9 Å². The van der Waals surface area contributed by atoms with Gasteiger partial charge in [-0.3, -0.25) is 9.59 Å². The number of nitrogens with zero attached hydrogens (tertiary/aromatic N) is 2. The van der Waals surface area contributed by atoms with E-state index in [0.717, 1.165) is 5.69 Å². The number of halogens is 1. The molecule has 1 aromatic heterocycles. The fourth-order valence-corrected chi connectivity index (χ4v) is 3.08. The molecule has 1 aromatic carbocycles. The molecule has 1 aliphatic heterocycles. The van der Waals surface area contributed by atoms with E-state index in [2.05, 4.69) is 0 Å². The molecule has 2 N–H and O–H groups in total. The van der Waals surface area contributed by atoms with E-state index in [9.17, 15) is 9.59 Å². The molecule has 2 heterocycles. The van der Waals surface area contributed by atoms with Crippen molar-refractivity contribution < 1.29 is 9.59 Å². The number of hydrogen-bond donors (Lipinski definition) is 1. The van der Waals surface area contributed by atoms with Crippen molar-refractivity contribution in [3.8, 4) is 0 Å². The molecule has 114 valence electrons. The van der Waals surface area contributed by atoms with E-state index >= 15 is 0 Å². The van der Waals surface area contributed by atoms with Gasteiger partial charge in [-0.15, -0.1) is 0 Å². The summed E-state index contributed by atoms with van der Waals surface area (Å²) in [6, 6.07) is 10.2. The largest absolute Gasteiger partial charge is 0.366 e. The fraction of sp³-hybridized carbons (Fsp3) is 0.250. The highest BCUT2D eigenvalue weighted by molar-refractivity contribution is 6.29. The SMILES string of the molecule is C[C@H]1c2ccc(Cl)n2CCN1C(=O)c1ccc(C(N)=O)cc1. The molecule has 22 heavy (non-hydrogen) atoms. The fourth-order valence-electron chi connectivity index (χ4n) is 2.84. The van der Waals surface area contributed by atoms with Crippen LogP contribution in [0.4, 0.5) is 0 Å². The van der Waals surface area contributed by atoms with Crippen LogP contribution in [0.1, 0.15) is 39.4 Å². The molecule has 0 aliphatic carbocycles. The summed E-state index contributed by atoms with van der Waals surface area (Å²) in [6.45, 7) is 3.26. The summed E-state index contributed by atoms with van der Waals surface area (Å²) in [7, 11) is 0. The minimum Gasteiger partial charge on any atom is -0.366 e. The van der Waals surface area contributed by atoms with Gasteiger partial charge in [0.2, 0.25) is 5.91 Å². The summed E-state index contributed by atoms with van der Waals surface area (Å²) in [6.07, 6.45) is 0. The van der Waals surface area contributed by atoms with Crippen LogP contribution in [0.2, 0.25) is 5.15 Å². The van der Waals surface area contributed by atoms with E-state index in [1.54, 1.807) is 24.3 Å². The van der Waals surface area contributed by atoms with Crippen molar-refractivity contribution in [2.75, 3.05) is 6.54 Å². The van der Waals surface area contributed by atoms with Crippen LogP contribution in [0, 0.1) is 0 Å². The van der Waals surface area contributed by atoms with Crippen molar-refractivity contribution in [1.82, 2.24) is 9.47 Å². The van der Waals surface area contributed by atoms with Gasteiger partial charge >= 0.3 is 0 Å². The van der Waals surface area contributed by atoms with Gasteiger partial charge in [-0.1, -0.05) is 11.6 Å². The van der Waals surface area contributed by atoms with Gasteiger partial charge in [-0.25, -0.2) is 0 Å². The standard InChI is InChI=1S/C16H16ClN3O2/c1-10-13-6-7-14(17)20(13)9-8-19(10)16(22)12-4-2-11(3-5-12)15(18)21/h2-7,10H,8-9H2,1H3,(H2,18,21)/t10-/m0/s1. The minimum atomic E-state index is -0.502. The lowest BCUT2D eigenvalue weighted by molar-refractivity contribution is 0.0643. The second-order valence-electron chi connectivity index (χ2n) is 5.35. The van der Waals surface area contributed by atoms with Crippen molar-refractivity contribution in [1.29, 1.82) is 0 Å². The van der Waals surface area contributed by atoms with Crippen LogP contribution in [0.15, 0.2) is 36.4 Å². The third kappa shape index (κ3) is 2.37. The Hall–Kier alpha value is -2.27. The molecule has 1 atom stereocenters. The summed E-state index contributed by atoms with van der Waals surface area (Å²) in [5.41, 5.74) is 7.17. The van der Waals surface area contributed by atoms with Crippen LogP contribution in [0.25, 0.3) is 0 Å². The van der Waals surface area contributed by atoms with Gasteiger partial charge in [0.25, 0.3) is 5.91 Å². The molecule has 0 unspecified atom stereocenters. The van der Waals surface area contributed by atoms with Gasteiger partial charge in [0, 0.05) is 29.9 Å². The van der Waals surface area contributed by atoms with Crippen LogP contribution in [0.5, 0.6) is 0 Å². The van der Waals surface area contributed by atoms with Crippen molar-refractivity contribution in [2.45, 2.75) is 19.5 Å². The maximum Gasteiger partial charge on any atom is 0.254 e. The average molecular weight is 318 g/mol. The first-order valence-corrected chi connectivity index (χ1v) is 7.42. The summed E-state index contributed by atoms with van der Waals surface area (Å²) in [5.74, 6) is -0.565. The summed E-state index contributed by atoms with van der Waals surface area (Å²) >= 11 is 6.13. The lowest BCUT2D eigenvalue weighted by Crippen LogP contribution is -2.40.